The van der Waals surface area contributed by atoms with Gasteiger partial charge in [-0.2, -0.15) is 5.06 Å². The number of hydrogen-bond acceptors (Lipinski definition) is 8. The number of hydrogen-bond donors (Lipinski definition) is 2. The molecule has 0 bridgehead atoms. The highest BCUT2D eigenvalue weighted by Crippen LogP contribution is 2.64. The SMILES string of the molecule is COc1cc([C@H]2C3=CC[C@@H]4C(=O)N(O)C(=O)[C@@H]4[C@@H]3C[C@H]3C(=O)C(c4ccccc4)=CC(=O)[C@@]23c2ccccc2)cc(OC)c1O. The Morgan fingerprint density at radius 1 is 0.844 bits per heavy atom. The number of phenolic OH excluding ortho intramolecular Hbond substituents is 1. The molecule has 1 saturated carbocycles. The zero-order valence-electron chi connectivity index (χ0n) is 24.7. The van der Waals surface area contributed by atoms with Crippen molar-refractivity contribution in [3.8, 4) is 17.2 Å². The lowest BCUT2D eigenvalue weighted by molar-refractivity contribution is -0.173. The molecular weight excluding hydrogens is 574 g/mol. The van der Waals surface area contributed by atoms with Gasteiger partial charge in [-0.3, -0.25) is 24.4 Å². The molecule has 0 aromatic heterocycles. The van der Waals surface area contributed by atoms with Gasteiger partial charge in [-0.25, -0.2) is 0 Å². The van der Waals surface area contributed by atoms with Crippen molar-refractivity contribution in [1.82, 2.24) is 5.06 Å². The number of phenols is 1. The second kappa shape index (κ2) is 10.6. The maximum absolute atomic E-state index is 15.0. The lowest BCUT2D eigenvalue weighted by Gasteiger charge is -2.55. The number of ether oxygens (including phenoxy) is 2. The summed E-state index contributed by atoms with van der Waals surface area (Å²) in [5.74, 6) is -5.91. The van der Waals surface area contributed by atoms with E-state index in [2.05, 4.69) is 0 Å². The molecule has 0 unspecified atom stereocenters. The van der Waals surface area contributed by atoms with Crippen LogP contribution in [0.5, 0.6) is 17.2 Å². The zero-order chi connectivity index (χ0) is 31.6. The summed E-state index contributed by atoms with van der Waals surface area (Å²) < 4.78 is 11.0. The fraction of sp³-hybridized carbons (Fsp3) is 0.278. The molecule has 7 rings (SSSR count). The highest BCUT2D eigenvalue weighted by molar-refractivity contribution is 6.31. The van der Waals surface area contributed by atoms with E-state index in [1.54, 1.807) is 36.4 Å². The normalized spacial score (nSPS) is 29.0. The molecule has 1 saturated heterocycles. The van der Waals surface area contributed by atoms with E-state index in [0.717, 1.165) is 5.57 Å². The Hall–Kier alpha value is -5.02. The number of carbonyl (C=O) groups is 4. The van der Waals surface area contributed by atoms with Crippen LogP contribution in [-0.4, -0.2) is 53.0 Å². The molecule has 1 heterocycles. The van der Waals surface area contributed by atoms with Gasteiger partial charge in [-0.15, -0.1) is 0 Å². The van der Waals surface area contributed by atoms with E-state index >= 15 is 0 Å². The Bertz CT molecular complexity index is 1790. The Kier molecular flexibility index (Phi) is 6.74. The summed E-state index contributed by atoms with van der Waals surface area (Å²) in [6.45, 7) is 0. The summed E-state index contributed by atoms with van der Waals surface area (Å²) in [6.07, 6.45) is 3.63. The van der Waals surface area contributed by atoms with Gasteiger partial charge in [0.15, 0.2) is 23.1 Å². The standard InChI is InChI=1S/C36H31NO8/c1-44-27-15-20(16-28(45-2)33(27)40)31-22-13-14-23-30(35(42)37(43)34(23)41)25(22)17-26-32(39)24(19-9-5-3-6-10-19)18-29(38)36(26,31)21-11-7-4-8-12-21/h3-13,15-16,18,23,25-26,30-31,40,43H,14,17H2,1-2H3/t23-,25+,26-,30-,31-,36-/m0/s1. The molecule has 0 radical (unpaired) electrons. The fourth-order valence-electron chi connectivity index (χ4n) is 8.31. The Balaban J connectivity index is 1.55. The van der Waals surface area contributed by atoms with Crippen molar-refractivity contribution in [2.45, 2.75) is 24.2 Å². The van der Waals surface area contributed by atoms with E-state index in [-0.39, 0.29) is 52.3 Å². The van der Waals surface area contributed by atoms with Gasteiger partial charge in [0.2, 0.25) is 5.75 Å². The number of aromatic hydroxyl groups is 1. The van der Waals surface area contributed by atoms with Crippen LogP contribution in [0.1, 0.15) is 35.4 Å². The number of allylic oxidation sites excluding steroid dienone is 4. The Morgan fingerprint density at radius 2 is 1.47 bits per heavy atom. The van der Waals surface area contributed by atoms with E-state index in [0.29, 0.717) is 16.7 Å². The van der Waals surface area contributed by atoms with Crippen LogP contribution in [0.15, 0.2) is 90.5 Å². The van der Waals surface area contributed by atoms with Crippen LogP contribution in [0.2, 0.25) is 0 Å². The lowest BCUT2D eigenvalue weighted by Crippen LogP contribution is -2.58. The van der Waals surface area contributed by atoms with Gasteiger partial charge in [0.1, 0.15) is 0 Å². The zero-order valence-corrected chi connectivity index (χ0v) is 24.7. The molecule has 2 amide bonds. The third-order valence-electron chi connectivity index (χ3n) is 10.2. The predicted molar refractivity (Wildman–Crippen MR) is 161 cm³/mol. The molecule has 228 valence electrons. The van der Waals surface area contributed by atoms with Gasteiger partial charge < -0.3 is 14.6 Å². The van der Waals surface area contributed by atoms with Crippen LogP contribution in [0.25, 0.3) is 5.57 Å². The number of nitrogens with zero attached hydrogens (tertiary/aromatic N) is 1. The Labute approximate surface area is 259 Å². The minimum Gasteiger partial charge on any atom is -0.502 e. The lowest BCUT2D eigenvalue weighted by atomic mass is 9.44. The molecular formula is C36H31NO8. The molecule has 4 aliphatic rings. The number of carbonyl (C=O) groups excluding carboxylic acids is 4. The summed E-state index contributed by atoms with van der Waals surface area (Å²) in [7, 11) is 2.82. The highest BCUT2D eigenvalue weighted by atomic mass is 16.5. The molecule has 2 N–H and O–H groups in total. The fourth-order valence-corrected chi connectivity index (χ4v) is 8.31. The van der Waals surface area contributed by atoms with Crippen molar-refractivity contribution in [2.75, 3.05) is 14.2 Å². The number of rotatable bonds is 5. The van der Waals surface area contributed by atoms with Crippen molar-refractivity contribution in [1.29, 1.82) is 0 Å². The van der Waals surface area contributed by atoms with Crippen LogP contribution >= 0.6 is 0 Å². The van der Waals surface area contributed by atoms with E-state index in [1.807, 2.05) is 42.5 Å². The first kappa shape index (κ1) is 28.7. The maximum Gasteiger partial charge on any atom is 0.257 e. The van der Waals surface area contributed by atoms with Gasteiger partial charge in [-0.05, 0) is 53.7 Å². The second-order valence-corrected chi connectivity index (χ2v) is 12.0. The average molecular weight is 606 g/mol. The van der Waals surface area contributed by atoms with E-state index in [4.69, 9.17) is 9.47 Å². The molecule has 0 spiro atoms. The number of methoxy groups -OCH3 is 2. The minimum absolute atomic E-state index is 0.115. The number of benzene rings is 3. The van der Waals surface area contributed by atoms with Crippen molar-refractivity contribution < 1.29 is 39.0 Å². The highest BCUT2D eigenvalue weighted by Gasteiger charge is 2.66. The number of ketones is 2. The minimum atomic E-state index is -1.44. The molecule has 45 heavy (non-hydrogen) atoms. The van der Waals surface area contributed by atoms with E-state index < -0.39 is 46.8 Å². The van der Waals surface area contributed by atoms with E-state index in [9.17, 15) is 29.5 Å². The first-order valence-corrected chi connectivity index (χ1v) is 14.9. The molecule has 9 heteroatoms. The Morgan fingerprint density at radius 3 is 2.09 bits per heavy atom. The average Bonchev–Trinajstić information content (AvgIpc) is 3.29. The summed E-state index contributed by atoms with van der Waals surface area (Å²) in [6, 6.07) is 21.4. The van der Waals surface area contributed by atoms with Crippen molar-refractivity contribution in [3.63, 3.8) is 0 Å². The number of fused-ring (bicyclic) bond motifs is 4. The second-order valence-electron chi connectivity index (χ2n) is 12.0. The number of Topliss-reactive ketones (excluding diaryl/α,β-unsaturated/α-hetero) is 1. The molecule has 6 atom stereocenters. The van der Waals surface area contributed by atoms with Crippen LogP contribution in [-0.2, 0) is 24.6 Å². The van der Waals surface area contributed by atoms with Crippen LogP contribution in [0.3, 0.4) is 0 Å². The number of imide groups is 1. The largest absolute Gasteiger partial charge is 0.502 e. The van der Waals surface area contributed by atoms with Crippen LogP contribution in [0, 0.1) is 23.7 Å². The van der Waals surface area contributed by atoms with Gasteiger partial charge in [0.25, 0.3) is 11.8 Å². The van der Waals surface area contributed by atoms with Crippen LogP contribution < -0.4 is 9.47 Å². The summed E-state index contributed by atoms with van der Waals surface area (Å²) in [5, 5.41) is 21.4. The third kappa shape index (κ3) is 3.96. The van der Waals surface area contributed by atoms with Crippen LogP contribution in [0.4, 0.5) is 0 Å². The van der Waals surface area contributed by atoms with Crippen molar-refractivity contribution in [2.24, 2.45) is 23.7 Å². The van der Waals surface area contributed by atoms with Gasteiger partial charge in [-0.1, -0.05) is 72.3 Å². The predicted octanol–water partition coefficient (Wildman–Crippen LogP) is 4.62. The molecule has 1 aliphatic heterocycles. The smallest absolute Gasteiger partial charge is 0.257 e. The number of amides is 2. The molecule has 9 nitrogen and oxygen atoms in total. The first-order valence-electron chi connectivity index (χ1n) is 14.9. The van der Waals surface area contributed by atoms with E-state index in [1.165, 1.54) is 20.3 Å². The molecule has 3 aromatic rings. The summed E-state index contributed by atoms with van der Waals surface area (Å²) in [4.78, 5) is 56.1. The van der Waals surface area contributed by atoms with Crippen molar-refractivity contribution in [3.05, 3.63) is 107 Å². The number of hydroxylamine groups is 2. The molecule has 2 fully saturated rings. The van der Waals surface area contributed by atoms with Gasteiger partial charge in [0.05, 0.1) is 31.5 Å². The summed E-state index contributed by atoms with van der Waals surface area (Å²) >= 11 is 0. The quantitative estimate of drug-likeness (QED) is 0.245. The first-order chi connectivity index (χ1) is 21.7. The third-order valence-corrected chi connectivity index (χ3v) is 10.2. The molecule has 3 aliphatic carbocycles. The maximum atomic E-state index is 15.0. The van der Waals surface area contributed by atoms with Gasteiger partial charge >= 0.3 is 0 Å². The summed E-state index contributed by atoms with van der Waals surface area (Å²) in [5.41, 5.74) is 1.35. The molecule has 3 aromatic carbocycles. The van der Waals surface area contributed by atoms with Gasteiger partial charge in [0, 0.05) is 17.4 Å². The monoisotopic (exact) mass is 605 g/mol. The van der Waals surface area contributed by atoms with Crippen molar-refractivity contribution >= 4 is 29.0 Å². The topological polar surface area (TPSA) is 130 Å².